The molecule has 0 spiro atoms. The van der Waals surface area contributed by atoms with Crippen LogP contribution < -0.4 is 19.2 Å². The number of rotatable bonds is 7. The predicted octanol–water partition coefficient (Wildman–Crippen LogP) is 2.43. The minimum absolute atomic E-state index is 0.0820. The quantitative estimate of drug-likeness (QED) is 0.352. The van der Waals surface area contributed by atoms with Crippen molar-refractivity contribution in [3.63, 3.8) is 0 Å². The van der Waals surface area contributed by atoms with Crippen LogP contribution in [0.15, 0.2) is 61.1 Å². The number of nitrogens with one attached hydrogen (secondary N) is 2. The van der Waals surface area contributed by atoms with E-state index >= 15 is 0 Å². The first-order valence-corrected chi connectivity index (χ1v) is 13.6. The Bertz CT molecular complexity index is 1710. The molecule has 5 rings (SSSR count). The minimum atomic E-state index is -4.37. The number of aromatic nitrogens is 3. The van der Waals surface area contributed by atoms with Gasteiger partial charge < -0.3 is 14.8 Å². The Kier molecular flexibility index (Phi) is 7.10. The third kappa shape index (κ3) is 5.43. The molecule has 14 heteroatoms. The Hall–Kier alpha value is -4.59. The Morgan fingerprint density at radius 2 is 1.85 bits per heavy atom. The topological polar surface area (TPSA) is 130 Å². The van der Waals surface area contributed by atoms with E-state index in [1.54, 1.807) is 36.7 Å². The van der Waals surface area contributed by atoms with E-state index in [9.17, 15) is 26.8 Å². The molecule has 11 nitrogen and oxygen atoms in total. The molecule has 208 valence electrons. The van der Waals surface area contributed by atoms with E-state index < -0.39 is 39.8 Å². The van der Waals surface area contributed by atoms with E-state index in [-0.39, 0.29) is 24.3 Å². The van der Waals surface area contributed by atoms with Gasteiger partial charge in [0.15, 0.2) is 0 Å². The molecule has 4 aromatic rings. The summed E-state index contributed by atoms with van der Waals surface area (Å²) in [5.74, 6) is -2.17. The molecular weight excluding hydrogens is 544 g/mol. The second-order valence-corrected chi connectivity index (χ2v) is 10.9. The van der Waals surface area contributed by atoms with E-state index in [1.807, 2.05) is 16.3 Å². The number of amides is 3. The number of anilines is 2. The van der Waals surface area contributed by atoms with Gasteiger partial charge in [-0.3, -0.25) is 4.79 Å². The largest absolute Gasteiger partial charge is 0.334 e. The molecule has 3 amide bonds. The molecule has 1 unspecified atom stereocenters. The molecule has 0 saturated carbocycles. The number of fused-ring (bicyclic) bond motifs is 2. The van der Waals surface area contributed by atoms with Crippen LogP contribution in [-0.2, 0) is 34.9 Å². The SMILES string of the molecule is CN(C(=O)C(Cc1cc(F)cc(F)c1)NC(=O)NS(=O)(=O)N1CCc2cccnc21)c1ccc2c(c1)ncn2C. The summed E-state index contributed by atoms with van der Waals surface area (Å²) in [6.45, 7) is 0.0820. The van der Waals surface area contributed by atoms with E-state index in [0.717, 1.165) is 22.0 Å². The molecule has 2 aromatic carbocycles. The number of likely N-dealkylation sites (N-methyl/N-ethyl adjacent to an activating group) is 1. The molecule has 0 aliphatic carbocycles. The maximum Gasteiger partial charge on any atom is 0.330 e. The monoisotopic (exact) mass is 569 g/mol. The molecule has 0 fully saturated rings. The van der Waals surface area contributed by atoms with Crippen molar-refractivity contribution in [3.05, 3.63) is 83.8 Å². The average Bonchev–Trinajstić information content (AvgIpc) is 3.50. The zero-order valence-electron chi connectivity index (χ0n) is 21.5. The van der Waals surface area contributed by atoms with Crippen LogP contribution in [0.4, 0.5) is 25.1 Å². The minimum Gasteiger partial charge on any atom is -0.334 e. The number of hydrogen-bond acceptors (Lipinski definition) is 6. The molecule has 0 bridgehead atoms. The van der Waals surface area contributed by atoms with Gasteiger partial charge >= 0.3 is 16.2 Å². The third-order valence-electron chi connectivity index (χ3n) is 6.59. The molecule has 0 saturated heterocycles. The van der Waals surface area contributed by atoms with Crippen molar-refractivity contribution in [3.8, 4) is 0 Å². The Morgan fingerprint density at radius 1 is 1.10 bits per heavy atom. The van der Waals surface area contributed by atoms with Gasteiger partial charge in [-0.1, -0.05) is 6.07 Å². The normalized spacial score (nSPS) is 13.7. The maximum atomic E-state index is 13.9. The highest BCUT2D eigenvalue weighted by molar-refractivity contribution is 7.91. The lowest BCUT2D eigenvalue weighted by Gasteiger charge is -2.26. The van der Waals surface area contributed by atoms with Gasteiger partial charge in [-0.25, -0.2) is 32.6 Å². The summed E-state index contributed by atoms with van der Waals surface area (Å²) in [7, 11) is -1.08. The van der Waals surface area contributed by atoms with Crippen molar-refractivity contribution in [2.75, 3.05) is 22.8 Å². The molecule has 2 N–H and O–H groups in total. The van der Waals surface area contributed by atoms with Crippen LogP contribution in [0.1, 0.15) is 11.1 Å². The molecule has 1 aliphatic rings. The Balaban J connectivity index is 1.39. The molecule has 1 aliphatic heterocycles. The van der Waals surface area contributed by atoms with Crippen LogP contribution in [0.3, 0.4) is 0 Å². The lowest BCUT2D eigenvalue weighted by molar-refractivity contribution is -0.120. The van der Waals surface area contributed by atoms with Gasteiger partial charge in [-0.2, -0.15) is 8.42 Å². The lowest BCUT2D eigenvalue weighted by atomic mass is 10.0. The first-order chi connectivity index (χ1) is 19.0. The van der Waals surface area contributed by atoms with E-state index in [4.69, 9.17) is 0 Å². The number of aryl methyl sites for hydroxylation is 1. The summed E-state index contributed by atoms with van der Waals surface area (Å²) in [5.41, 5.74) is 2.70. The van der Waals surface area contributed by atoms with Crippen molar-refractivity contribution in [1.82, 2.24) is 24.6 Å². The summed E-state index contributed by atoms with van der Waals surface area (Å²) < 4.78 is 58.5. The summed E-state index contributed by atoms with van der Waals surface area (Å²) >= 11 is 0. The fourth-order valence-electron chi connectivity index (χ4n) is 4.63. The van der Waals surface area contributed by atoms with Crippen LogP contribution in [-0.4, -0.2) is 54.5 Å². The highest BCUT2D eigenvalue weighted by Crippen LogP contribution is 2.27. The number of hydrogen-bond donors (Lipinski definition) is 2. The van der Waals surface area contributed by atoms with Crippen molar-refractivity contribution >= 4 is 44.7 Å². The molecule has 2 aromatic heterocycles. The van der Waals surface area contributed by atoms with Crippen LogP contribution in [0.25, 0.3) is 11.0 Å². The summed E-state index contributed by atoms with van der Waals surface area (Å²) in [5, 5.41) is 2.37. The number of imidazole rings is 1. The van der Waals surface area contributed by atoms with Crippen molar-refractivity contribution in [2.45, 2.75) is 18.9 Å². The second-order valence-electron chi connectivity index (χ2n) is 9.35. The summed E-state index contributed by atoms with van der Waals surface area (Å²) in [6, 6.07) is 8.73. The first-order valence-electron chi connectivity index (χ1n) is 12.2. The summed E-state index contributed by atoms with van der Waals surface area (Å²) in [4.78, 5) is 36.1. The molecule has 0 radical (unpaired) electrons. The highest BCUT2D eigenvalue weighted by atomic mass is 32.2. The second kappa shape index (κ2) is 10.5. The molecule has 1 atom stereocenters. The van der Waals surface area contributed by atoms with Crippen LogP contribution in [0.5, 0.6) is 0 Å². The molecule has 40 heavy (non-hydrogen) atoms. The number of pyridine rings is 1. The van der Waals surface area contributed by atoms with Crippen molar-refractivity contribution in [1.29, 1.82) is 0 Å². The fourth-order valence-corrected chi connectivity index (χ4v) is 5.76. The average molecular weight is 570 g/mol. The van der Waals surface area contributed by atoms with Crippen LogP contribution in [0, 0.1) is 11.6 Å². The number of halogens is 2. The number of carbonyl (C=O) groups is 2. The van der Waals surface area contributed by atoms with Gasteiger partial charge in [0, 0.05) is 45.0 Å². The first kappa shape index (κ1) is 27.0. The van der Waals surface area contributed by atoms with E-state index in [0.29, 0.717) is 29.3 Å². The maximum absolute atomic E-state index is 13.9. The summed E-state index contributed by atoms with van der Waals surface area (Å²) in [6.07, 6.45) is 3.17. The lowest BCUT2D eigenvalue weighted by Crippen LogP contribution is -2.54. The zero-order valence-corrected chi connectivity index (χ0v) is 22.3. The van der Waals surface area contributed by atoms with Gasteiger partial charge in [0.25, 0.3) is 0 Å². The smallest absolute Gasteiger partial charge is 0.330 e. The number of carbonyl (C=O) groups excluding carboxylic acids is 2. The highest BCUT2D eigenvalue weighted by Gasteiger charge is 2.33. The molecule has 3 heterocycles. The van der Waals surface area contributed by atoms with Gasteiger partial charge in [0.2, 0.25) is 5.91 Å². The standard InChI is InChI=1S/C26H25F2N7O4S/c1-33-15-30-21-14-20(5-6-23(21)33)34(2)25(36)22(12-16-10-18(27)13-19(28)11-16)31-26(37)32-40(38,39)35-9-7-17-4-3-8-29-24(17)35/h3-6,8,10-11,13-15,22H,7,9,12H2,1-2H3,(H2,31,32,37). The van der Waals surface area contributed by atoms with Gasteiger partial charge in [0.1, 0.15) is 23.5 Å². The molecular formula is C26H25F2N7O4S. The number of benzene rings is 2. The number of urea groups is 1. The Morgan fingerprint density at radius 3 is 2.60 bits per heavy atom. The van der Waals surface area contributed by atoms with Crippen LogP contribution >= 0.6 is 0 Å². The van der Waals surface area contributed by atoms with E-state index in [1.165, 1.54) is 18.1 Å². The third-order valence-corrected chi connectivity index (χ3v) is 7.97. The van der Waals surface area contributed by atoms with Gasteiger partial charge in [-0.15, -0.1) is 0 Å². The van der Waals surface area contributed by atoms with Crippen molar-refractivity contribution in [2.24, 2.45) is 7.05 Å². The number of nitrogens with zero attached hydrogens (tertiary/aromatic N) is 5. The van der Waals surface area contributed by atoms with Gasteiger partial charge in [-0.05, 0) is 53.9 Å². The fraction of sp³-hybridized carbons (Fsp3) is 0.231. The van der Waals surface area contributed by atoms with Crippen LogP contribution in [0.2, 0.25) is 0 Å². The Labute approximate surface area is 228 Å². The predicted molar refractivity (Wildman–Crippen MR) is 144 cm³/mol. The van der Waals surface area contributed by atoms with Gasteiger partial charge in [0.05, 0.1) is 17.4 Å². The van der Waals surface area contributed by atoms with E-state index in [2.05, 4.69) is 15.3 Å². The zero-order chi connectivity index (χ0) is 28.6. The van der Waals surface area contributed by atoms with Crippen molar-refractivity contribution < 1.29 is 26.8 Å².